The minimum atomic E-state index is -0.305. The van der Waals surface area contributed by atoms with E-state index in [-0.39, 0.29) is 24.7 Å². The standard InChI is InChI=1S/C20H24N2O6/c1-25-13-5-7-15(17(11-13)27-3)21-19(23)9-10-20(24)22-16-8-6-14(26-2)12-18(16)28-4/h5-8,11-12H,9-10H2,1-4H3,(H,21,23)(H,22,24). The molecule has 2 N–H and O–H groups in total. The van der Waals surface area contributed by atoms with Crippen LogP contribution in [-0.2, 0) is 9.59 Å². The highest BCUT2D eigenvalue weighted by atomic mass is 16.5. The summed E-state index contributed by atoms with van der Waals surface area (Å²) in [5.74, 6) is 1.56. The van der Waals surface area contributed by atoms with Gasteiger partial charge in [0.2, 0.25) is 11.8 Å². The summed E-state index contributed by atoms with van der Waals surface area (Å²) in [7, 11) is 6.09. The van der Waals surface area contributed by atoms with Crippen molar-refractivity contribution in [3.63, 3.8) is 0 Å². The number of carbonyl (C=O) groups excluding carboxylic acids is 2. The van der Waals surface area contributed by atoms with Crippen molar-refractivity contribution in [3.05, 3.63) is 36.4 Å². The van der Waals surface area contributed by atoms with Crippen molar-refractivity contribution >= 4 is 23.2 Å². The van der Waals surface area contributed by atoms with E-state index in [2.05, 4.69) is 10.6 Å². The lowest BCUT2D eigenvalue weighted by Crippen LogP contribution is -2.18. The number of ether oxygens (including phenoxy) is 4. The van der Waals surface area contributed by atoms with Crippen LogP contribution in [-0.4, -0.2) is 40.3 Å². The predicted octanol–water partition coefficient (Wildman–Crippen LogP) is 3.08. The van der Waals surface area contributed by atoms with Gasteiger partial charge in [0.1, 0.15) is 23.0 Å². The number of nitrogens with one attached hydrogen (secondary N) is 2. The van der Waals surface area contributed by atoms with Gasteiger partial charge in [-0.15, -0.1) is 0 Å². The van der Waals surface area contributed by atoms with Crippen LogP contribution in [0.2, 0.25) is 0 Å². The van der Waals surface area contributed by atoms with Crippen molar-refractivity contribution in [1.82, 2.24) is 0 Å². The first kappa shape index (κ1) is 20.9. The van der Waals surface area contributed by atoms with Crippen molar-refractivity contribution in [2.75, 3.05) is 39.1 Å². The largest absolute Gasteiger partial charge is 0.497 e. The first-order valence-electron chi connectivity index (χ1n) is 8.54. The van der Waals surface area contributed by atoms with Crippen LogP contribution in [0.4, 0.5) is 11.4 Å². The molecule has 8 nitrogen and oxygen atoms in total. The van der Waals surface area contributed by atoms with Crippen molar-refractivity contribution in [3.8, 4) is 23.0 Å². The van der Waals surface area contributed by atoms with Crippen LogP contribution < -0.4 is 29.6 Å². The van der Waals surface area contributed by atoms with Crippen LogP contribution in [0.25, 0.3) is 0 Å². The Labute approximate surface area is 163 Å². The summed E-state index contributed by atoms with van der Waals surface area (Å²) in [5.41, 5.74) is 1.01. The zero-order valence-corrected chi connectivity index (χ0v) is 16.3. The van der Waals surface area contributed by atoms with Crippen molar-refractivity contribution in [1.29, 1.82) is 0 Å². The van der Waals surface area contributed by atoms with E-state index in [0.29, 0.717) is 34.4 Å². The monoisotopic (exact) mass is 388 g/mol. The number of methoxy groups -OCH3 is 4. The minimum Gasteiger partial charge on any atom is -0.497 e. The van der Waals surface area contributed by atoms with Gasteiger partial charge < -0.3 is 29.6 Å². The molecule has 28 heavy (non-hydrogen) atoms. The van der Waals surface area contributed by atoms with Gasteiger partial charge in [0, 0.05) is 25.0 Å². The summed E-state index contributed by atoms with van der Waals surface area (Å²) in [6.07, 6.45) is 0.0268. The molecule has 2 amide bonds. The van der Waals surface area contributed by atoms with E-state index in [0.717, 1.165) is 0 Å². The topological polar surface area (TPSA) is 95.1 Å². The third-order valence-corrected chi connectivity index (χ3v) is 3.94. The lowest BCUT2D eigenvalue weighted by atomic mass is 10.2. The number of anilines is 2. The second kappa shape index (κ2) is 10.1. The highest BCUT2D eigenvalue weighted by Gasteiger charge is 2.13. The summed E-state index contributed by atoms with van der Waals surface area (Å²) in [5, 5.41) is 5.46. The average Bonchev–Trinajstić information content (AvgIpc) is 2.72. The molecule has 0 heterocycles. The quantitative estimate of drug-likeness (QED) is 0.686. The van der Waals surface area contributed by atoms with Gasteiger partial charge in [-0.25, -0.2) is 0 Å². The number of amides is 2. The second-order valence-electron chi connectivity index (χ2n) is 5.73. The maximum absolute atomic E-state index is 12.2. The zero-order valence-electron chi connectivity index (χ0n) is 16.3. The SMILES string of the molecule is COc1ccc(NC(=O)CCC(=O)Nc2ccc(OC)cc2OC)c(OC)c1. The Kier molecular flexibility index (Phi) is 7.50. The third-order valence-electron chi connectivity index (χ3n) is 3.94. The van der Waals surface area contributed by atoms with Crippen molar-refractivity contribution < 1.29 is 28.5 Å². The van der Waals surface area contributed by atoms with Gasteiger partial charge in [-0.2, -0.15) is 0 Å². The summed E-state index contributed by atoms with van der Waals surface area (Å²) in [6.45, 7) is 0. The fraction of sp³-hybridized carbons (Fsp3) is 0.300. The normalized spacial score (nSPS) is 10.0. The van der Waals surface area contributed by atoms with Crippen LogP contribution in [0, 0.1) is 0 Å². The maximum Gasteiger partial charge on any atom is 0.224 e. The zero-order chi connectivity index (χ0) is 20.5. The summed E-state index contributed by atoms with van der Waals surface area (Å²) in [6, 6.07) is 10.1. The first-order chi connectivity index (χ1) is 13.5. The molecule has 0 radical (unpaired) electrons. The molecule has 2 rings (SSSR count). The van der Waals surface area contributed by atoms with Gasteiger partial charge >= 0.3 is 0 Å². The molecule has 0 unspecified atom stereocenters. The number of carbonyl (C=O) groups is 2. The first-order valence-corrected chi connectivity index (χ1v) is 8.54. The van der Waals surface area contributed by atoms with Crippen molar-refractivity contribution in [2.24, 2.45) is 0 Å². The Hall–Kier alpha value is -3.42. The molecule has 8 heteroatoms. The van der Waals surface area contributed by atoms with E-state index in [9.17, 15) is 9.59 Å². The Morgan fingerprint density at radius 2 is 1.07 bits per heavy atom. The maximum atomic E-state index is 12.2. The van der Waals surface area contributed by atoms with Crippen molar-refractivity contribution in [2.45, 2.75) is 12.8 Å². The Balaban J connectivity index is 1.92. The van der Waals surface area contributed by atoms with Crippen LogP contribution in [0.15, 0.2) is 36.4 Å². The van der Waals surface area contributed by atoms with E-state index in [1.807, 2.05) is 0 Å². The average molecular weight is 388 g/mol. The van der Waals surface area contributed by atoms with E-state index < -0.39 is 0 Å². The van der Waals surface area contributed by atoms with Gasteiger partial charge in [0.25, 0.3) is 0 Å². The molecule has 2 aromatic rings. The van der Waals surface area contributed by atoms with E-state index in [4.69, 9.17) is 18.9 Å². The highest BCUT2D eigenvalue weighted by molar-refractivity contribution is 5.98. The molecule has 0 aromatic heterocycles. The van der Waals surface area contributed by atoms with Crippen LogP contribution in [0.1, 0.15) is 12.8 Å². The molecular formula is C20H24N2O6. The third kappa shape index (κ3) is 5.54. The Bertz CT molecular complexity index is 768. The molecule has 0 spiro atoms. The minimum absolute atomic E-state index is 0.0134. The van der Waals surface area contributed by atoms with Gasteiger partial charge in [0.15, 0.2) is 0 Å². The molecule has 0 aliphatic heterocycles. The Morgan fingerprint density at radius 1 is 0.679 bits per heavy atom. The molecule has 0 saturated heterocycles. The smallest absolute Gasteiger partial charge is 0.224 e. The molecular weight excluding hydrogens is 364 g/mol. The number of benzene rings is 2. The molecule has 0 aliphatic rings. The molecule has 0 saturated carbocycles. The number of rotatable bonds is 9. The van der Waals surface area contributed by atoms with Crippen LogP contribution in [0.5, 0.6) is 23.0 Å². The molecule has 0 atom stereocenters. The summed E-state index contributed by atoms with van der Waals surface area (Å²) < 4.78 is 20.7. The van der Waals surface area contributed by atoms with Crippen LogP contribution >= 0.6 is 0 Å². The van der Waals surface area contributed by atoms with E-state index in [1.165, 1.54) is 14.2 Å². The lowest BCUT2D eigenvalue weighted by molar-refractivity contribution is -0.121. The molecule has 0 bridgehead atoms. The highest BCUT2D eigenvalue weighted by Crippen LogP contribution is 2.30. The van der Waals surface area contributed by atoms with Gasteiger partial charge in [-0.05, 0) is 24.3 Å². The summed E-state index contributed by atoms with van der Waals surface area (Å²) in [4.78, 5) is 24.4. The number of hydrogen-bond acceptors (Lipinski definition) is 6. The predicted molar refractivity (Wildman–Crippen MR) is 106 cm³/mol. The Morgan fingerprint density at radius 3 is 1.39 bits per heavy atom. The molecule has 150 valence electrons. The fourth-order valence-corrected chi connectivity index (χ4v) is 2.46. The van der Waals surface area contributed by atoms with Crippen LogP contribution in [0.3, 0.4) is 0 Å². The molecule has 0 fully saturated rings. The van der Waals surface area contributed by atoms with Gasteiger partial charge in [-0.1, -0.05) is 0 Å². The second-order valence-corrected chi connectivity index (χ2v) is 5.73. The molecule has 2 aromatic carbocycles. The molecule has 0 aliphatic carbocycles. The van der Waals surface area contributed by atoms with Gasteiger partial charge in [-0.3, -0.25) is 9.59 Å². The van der Waals surface area contributed by atoms with Gasteiger partial charge in [0.05, 0.1) is 39.8 Å². The fourth-order valence-electron chi connectivity index (χ4n) is 2.46. The van der Waals surface area contributed by atoms with E-state index in [1.54, 1.807) is 50.6 Å². The van der Waals surface area contributed by atoms with E-state index >= 15 is 0 Å². The lowest BCUT2D eigenvalue weighted by Gasteiger charge is -2.13. The number of hydrogen-bond donors (Lipinski definition) is 2. The summed E-state index contributed by atoms with van der Waals surface area (Å²) >= 11 is 0.